The SMILES string of the molecule is Cc1cc(C)c(NC(=O)c2cnc3c(c2)c(C)nn3C)c(C)c1. The molecular formula is C18H20N4O. The second-order valence-corrected chi connectivity index (χ2v) is 6.03. The Morgan fingerprint density at radius 1 is 1.09 bits per heavy atom. The van der Waals surface area contributed by atoms with Crippen LogP contribution in [0.5, 0.6) is 0 Å². The van der Waals surface area contributed by atoms with E-state index in [2.05, 4.69) is 34.5 Å². The fourth-order valence-electron chi connectivity index (χ4n) is 2.99. The molecule has 0 aliphatic rings. The highest BCUT2D eigenvalue weighted by atomic mass is 16.1. The van der Waals surface area contributed by atoms with Crippen LogP contribution in [0, 0.1) is 27.7 Å². The van der Waals surface area contributed by atoms with Gasteiger partial charge in [-0.15, -0.1) is 0 Å². The number of nitrogens with zero attached hydrogens (tertiary/aromatic N) is 3. The first-order valence-electron chi connectivity index (χ1n) is 7.55. The molecule has 2 aromatic heterocycles. The average molecular weight is 308 g/mol. The van der Waals surface area contributed by atoms with E-state index in [1.165, 1.54) is 5.56 Å². The first-order valence-corrected chi connectivity index (χ1v) is 7.55. The van der Waals surface area contributed by atoms with Gasteiger partial charge in [0.15, 0.2) is 5.65 Å². The zero-order valence-corrected chi connectivity index (χ0v) is 14.1. The van der Waals surface area contributed by atoms with Gasteiger partial charge in [0.05, 0.1) is 11.3 Å². The van der Waals surface area contributed by atoms with E-state index in [0.717, 1.165) is 33.5 Å². The van der Waals surface area contributed by atoms with Crippen LogP contribution < -0.4 is 5.32 Å². The number of nitrogens with one attached hydrogen (secondary N) is 1. The lowest BCUT2D eigenvalue weighted by molar-refractivity contribution is 0.102. The Kier molecular flexibility index (Phi) is 3.64. The molecule has 0 aliphatic carbocycles. The predicted molar refractivity (Wildman–Crippen MR) is 91.9 cm³/mol. The van der Waals surface area contributed by atoms with Crippen LogP contribution in [-0.2, 0) is 7.05 Å². The van der Waals surface area contributed by atoms with Gasteiger partial charge in [-0.05, 0) is 44.9 Å². The zero-order chi connectivity index (χ0) is 16.7. The summed E-state index contributed by atoms with van der Waals surface area (Å²) in [6.45, 7) is 7.97. The van der Waals surface area contributed by atoms with E-state index < -0.39 is 0 Å². The molecule has 0 aliphatic heterocycles. The van der Waals surface area contributed by atoms with Crippen molar-refractivity contribution in [2.75, 3.05) is 5.32 Å². The highest BCUT2D eigenvalue weighted by Crippen LogP contribution is 2.23. The maximum Gasteiger partial charge on any atom is 0.257 e. The number of pyridine rings is 1. The fourth-order valence-corrected chi connectivity index (χ4v) is 2.99. The molecular weight excluding hydrogens is 288 g/mol. The Balaban J connectivity index is 1.97. The van der Waals surface area contributed by atoms with E-state index in [1.54, 1.807) is 10.9 Å². The molecule has 3 aromatic rings. The van der Waals surface area contributed by atoms with Gasteiger partial charge < -0.3 is 5.32 Å². The third-order valence-electron chi connectivity index (χ3n) is 4.04. The maximum atomic E-state index is 12.6. The van der Waals surface area contributed by atoms with Crippen LogP contribution in [0.4, 0.5) is 5.69 Å². The largest absolute Gasteiger partial charge is 0.321 e. The normalized spacial score (nSPS) is 11.0. The third kappa shape index (κ3) is 2.70. The smallest absolute Gasteiger partial charge is 0.257 e. The van der Waals surface area contributed by atoms with Crippen molar-refractivity contribution in [3.8, 4) is 0 Å². The minimum Gasteiger partial charge on any atom is -0.321 e. The summed E-state index contributed by atoms with van der Waals surface area (Å²) < 4.78 is 1.72. The number of carbonyl (C=O) groups excluding carboxylic acids is 1. The zero-order valence-electron chi connectivity index (χ0n) is 14.1. The summed E-state index contributed by atoms with van der Waals surface area (Å²) in [5.41, 5.74) is 6.35. The van der Waals surface area contributed by atoms with Gasteiger partial charge in [0.1, 0.15) is 0 Å². The highest BCUT2D eigenvalue weighted by Gasteiger charge is 2.14. The molecule has 1 aromatic carbocycles. The van der Waals surface area contributed by atoms with Gasteiger partial charge in [-0.1, -0.05) is 17.7 Å². The second-order valence-electron chi connectivity index (χ2n) is 6.03. The van der Waals surface area contributed by atoms with Gasteiger partial charge in [0.25, 0.3) is 5.91 Å². The molecule has 3 rings (SSSR count). The third-order valence-corrected chi connectivity index (χ3v) is 4.04. The molecule has 0 bridgehead atoms. The Labute approximate surface area is 135 Å². The fraction of sp³-hybridized carbons (Fsp3) is 0.278. The number of amides is 1. The first-order chi connectivity index (χ1) is 10.9. The van der Waals surface area contributed by atoms with Crippen LogP contribution in [0.1, 0.15) is 32.7 Å². The van der Waals surface area contributed by atoms with Crippen molar-refractivity contribution >= 4 is 22.6 Å². The molecule has 118 valence electrons. The van der Waals surface area contributed by atoms with Crippen molar-refractivity contribution in [3.05, 3.63) is 52.3 Å². The molecule has 0 atom stereocenters. The molecule has 0 unspecified atom stereocenters. The molecule has 23 heavy (non-hydrogen) atoms. The van der Waals surface area contributed by atoms with Crippen molar-refractivity contribution in [2.45, 2.75) is 27.7 Å². The maximum absolute atomic E-state index is 12.6. The van der Waals surface area contributed by atoms with Crippen molar-refractivity contribution in [2.24, 2.45) is 7.05 Å². The Morgan fingerprint density at radius 3 is 2.39 bits per heavy atom. The van der Waals surface area contributed by atoms with Gasteiger partial charge in [0.2, 0.25) is 0 Å². The van der Waals surface area contributed by atoms with Crippen LogP contribution in [0.15, 0.2) is 24.4 Å². The quantitative estimate of drug-likeness (QED) is 0.788. The van der Waals surface area contributed by atoms with E-state index in [-0.39, 0.29) is 5.91 Å². The summed E-state index contributed by atoms with van der Waals surface area (Å²) in [5.74, 6) is -0.155. The van der Waals surface area contributed by atoms with E-state index in [4.69, 9.17) is 0 Å². The number of fused-ring (bicyclic) bond motifs is 1. The van der Waals surface area contributed by atoms with E-state index in [1.807, 2.05) is 33.9 Å². The topological polar surface area (TPSA) is 59.8 Å². The Hall–Kier alpha value is -2.69. The summed E-state index contributed by atoms with van der Waals surface area (Å²) in [6, 6.07) is 5.98. The minimum atomic E-state index is -0.155. The number of carbonyl (C=O) groups is 1. The lowest BCUT2D eigenvalue weighted by Crippen LogP contribution is -2.14. The average Bonchev–Trinajstić information content (AvgIpc) is 2.77. The summed E-state index contributed by atoms with van der Waals surface area (Å²) in [6.07, 6.45) is 1.59. The van der Waals surface area contributed by atoms with Crippen molar-refractivity contribution < 1.29 is 4.79 Å². The Bertz CT molecular complexity index is 901. The molecule has 2 heterocycles. The number of benzene rings is 1. The van der Waals surface area contributed by atoms with Gasteiger partial charge in [-0.3, -0.25) is 9.48 Å². The van der Waals surface area contributed by atoms with Crippen LogP contribution in [0.25, 0.3) is 11.0 Å². The molecule has 1 N–H and O–H groups in total. The number of anilines is 1. The highest BCUT2D eigenvalue weighted by molar-refractivity contribution is 6.06. The molecule has 1 amide bonds. The monoisotopic (exact) mass is 308 g/mol. The standard InChI is InChI=1S/C18H20N4O/c1-10-6-11(2)16(12(3)7-10)20-18(23)14-8-15-13(4)21-22(5)17(15)19-9-14/h6-9H,1-5H3,(H,20,23). The summed E-state index contributed by atoms with van der Waals surface area (Å²) in [7, 11) is 1.85. The molecule has 0 fully saturated rings. The molecule has 0 saturated carbocycles. The Morgan fingerprint density at radius 2 is 1.74 bits per heavy atom. The summed E-state index contributed by atoms with van der Waals surface area (Å²) in [5, 5.41) is 8.24. The van der Waals surface area contributed by atoms with Crippen molar-refractivity contribution in [1.29, 1.82) is 0 Å². The van der Waals surface area contributed by atoms with Crippen LogP contribution >= 0.6 is 0 Å². The van der Waals surface area contributed by atoms with Crippen molar-refractivity contribution in [3.63, 3.8) is 0 Å². The molecule has 5 heteroatoms. The number of hydrogen-bond donors (Lipinski definition) is 1. The predicted octanol–water partition coefficient (Wildman–Crippen LogP) is 3.45. The van der Waals surface area contributed by atoms with Gasteiger partial charge in [0, 0.05) is 24.3 Å². The van der Waals surface area contributed by atoms with Gasteiger partial charge in [-0.25, -0.2) is 4.98 Å². The van der Waals surface area contributed by atoms with Crippen LogP contribution in [-0.4, -0.2) is 20.7 Å². The number of aryl methyl sites for hydroxylation is 5. The van der Waals surface area contributed by atoms with E-state index >= 15 is 0 Å². The number of rotatable bonds is 2. The van der Waals surface area contributed by atoms with E-state index in [9.17, 15) is 4.79 Å². The molecule has 0 saturated heterocycles. The number of hydrogen-bond acceptors (Lipinski definition) is 3. The molecule has 0 radical (unpaired) electrons. The molecule has 0 spiro atoms. The van der Waals surface area contributed by atoms with Crippen molar-refractivity contribution in [1.82, 2.24) is 14.8 Å². The summed E-state index contributed by atoms with van der Waals surface area (Å²) in [4.78, 5) is 16.9. The minimum absolute atomic E-state index is 0.155. The lowest BCUT2D eigenvalue weighted by Gasteiger charge is -2.12. The van der Waals surface area contributed by atoms with Crippen LogP contribution in [0.2, 0.25) is 0 Å². The number of aromatic nitrogens is 3. The van der Waals surface area contributed by atoms with E-state index in [0.29, 0.717) is 5.56 Å². The van der Waals surface area contributed by atoms with Gasteiger partial charge in [-0.2, -0.15) is 5.10 Å². The second kappa shape index (κ2) is 5.50. The van der Waals surface area contributed by atoms with Gasteiger partial charge >= 0.3 is 0 Å². The summed E-state index contributed by atoms with van der Waals surface area (Å²) >= 11 is 0. The molecule has 5 nitrogen and oxygen atoms in total. The van der Waals surface area contributed by atoms with Crippen LogP contribution in [0.3, 0.4) is 0 Å². The first kappa shape index (κ1) is 15.2. The lowest BCUT2D eigenvalue weighted by atomic mass is 10.0.